The number of nitrogens with zero attached hydrogens (tertiary/aromatic N) is 1. The molecule has 0 fully saturated rings. The fraction of sp³-hybridized carbons (Fsp3) is 0.294. The molecule has 22 heavy (non-hydrogen) atoms. The monoisotopic (exact) mass is 300 g/mol. The van der Waals surface area contributed by atoms with Crippen LogP contribution in [0.2, 0.25) is 0 Å². The van der Waals surface area contributed by atoms with Gasteiger partial charge in [-0.1, -0.05) is 12.1 Å². The summed E-state index contributed by atoms with van der Waals surface area (Å²) < 4.78 is 6.88. The Morgan fingerprint density at radius 3 is 2.73 bits per heavy atom. The molecule has 0 saturated heterocycles. The number of hydrogen-bond donors (Lipinski definition) is 1. The summed E-state index contributed by atoms with van der Waals surface area (Å²) in [5, 5.41) is 2.89. The fourth-order valence-corrected chi connectivity index (χ4v) is 2.19. The molecule has 0 atom stereocenters. The number of carbonyl (C=O) groups is 2. The van der Waals surface area contributed by atoms with Crippen LogP contribution in [0.1, 0.15) is 22.5 Å². The molecule has 2 rings (SSSR count). The van der Waals surface area contributed by atoms with Crippen LogP contribution >= 0.6 is 0 Å². The highest BCUT2D eigenvalue weighted by molar-refractivity contribution is 5.76. The van der Waals surface area contributed by atoms with E-state index in [4.69, 9.17) is 4.74 Å². The molecule has 5 nitrogen and oxygen atoms in total. The number of methoxy groups -OCH3 is 1. The molecule has 0 bridgehead atoms. The summed E-state index contributed by atoms with van der Waals surface area (Å²) in [6.07, 6.45) is 3.73. The lowest BCUT2D eigenvalue weighted by Gasteiger charge is -2.08. The van der Waals surface area contributed by atoms with Crippen LogP contribution in [0.5, 0.6) is 5.75 Å². The van der Waals surface area contributed by atoms with Gasteiger partial charge in [-0.15, -0.1) is 0 Å². The van der Waals surface area contributed by atoms with Crippen LogP contribution in [0, 0.1) is 0 Å². The van der Waals surface area contributed by atoms with Gasteiger partial charge in [0.25, 0.3) is 0 Å². The molecule has 0 aliphatic heterocycles. The van der Waals surface area contributed by atoms with Crippen molar-refractivity contribution in [2.24, 2.45) is 0 Å². The van der Waals surface area contributed by atoms with Crippen molar-refractivity contribution in [1.29, 1.82) is 0 Å². The number of aromatic nitrogens is 1. The first-order chi connectivity index (χ1) is 10.7. The minimum absolute atomic E-state index is 0.0148. The lowest BCUT2D eigenvalue weighted by atomic mass is 10.1. The fourth-order valence-electron chi connectivity index (χ4n) is 2.19. The van der Waals surface area contributed by atoms with E-state index in [9.17, 15) is 9.59 Å². The van der Waals surface area contributed by atoms with Gasteiger partial charge in [0.2, 0.25) is 5.91 Å². The molecular weight excluding hydrogens is 280 g/mol. The van der Waals surface area contributed by atoms with Gasteiger partial charge in [0, 0.05) is 25.7 Å². The average Bonchev–Trinajstić information content (AvgIpc) is 3.01. The van der Waals surface area contributed by atoms with E-state index in [1.165, 1.54) is 0 Å². The lowest BCUT2D eigenvalue weighted by molar-refractivity contribution is -0.121. The maximum Gasteiger partial charge on any atom is 0.221 e. The summed E-state index contributed by atoms with van der Waals surface area (Å²) in [5.41, 5.74) is 1.74. The molecule has 2 aromatic rings. The molecule has 0 aliphatic carbocycles. The van der Waals surface area contributed by atoms with Crippen molar-refractivity contribution in [3.8, 4) is 5.75 Å². The maximum atomic E-state index is 11.8. The molecule has 0 radical (unpaired) electrons. The number of benzene rings is 1. The Labute approximate surface area is 129 Å². The third-order valence-electron chi connectivity index (χ3n) is 3.46. The van der Waals surface area contributed by atoms with Gasteiger partial charge in [-0.3, -0.25) is 9.59 Å². The minimum atomic E-state index is -0.0148. The molecule has 0 saturated carbocycles. The average molecular weight is 300 g/mol. The van der Waals surface area contributed by atoms with E-state index in [0.717, 1.165) is 24.0 Å². The number of aldehydes is 1. The topological polar surface area (TPSA) is 60.3 Å². The van der Waals surface area contributed by atoms with Crippen molar-refractivity contribution in [3.05, 3.63) is 53.9 Å². The van der Waals surface area contributed by atoms with E-state index in [1.54, 1.807) is 30.0 Å². The van der Waals surface area contributed by atoms with E-state index in [-0.39, 0.29) is 5.91 Å². The first kappa shape index (κ1) is 15.8. The number of amides is 1. The summed E-state index contributed by atoms with van der Waals surface area (Å²) in [6, 6.07) is 11.3. The number of aryl methyl sites for hydroxylation is 1. The molecular formula is C17H20N2O3. The second kappa shape index (κ2) is 8.02. The molecule has 1 N–H and O–H groups in total. The first-order valence-electron chi connectivity index (χ1n) is 7.23. The first-order valence-corrected chi connectivity index (χ1v) is 7.23. The standard InChI is InChI=1S/C17H20N2O3/c1-22-16-6-4-14(5-7-16)8-10-18-17(21)9-12-19-11-2-3-15(19)13-20/h2-7,11,13H,8-10,12H2,1H3,(H,18,21). The lowest BCUT2D eigenvalue weighted by Crippen LogP contribution is -2.26. The van der Waals surface area contributed by atoms with Gasteiger partial charge in [0.1, 0.15) is 5.75 Å². The maximum absolute atomic E-state index is 11.8. The zero-order valence-electron chi connectivity index (χ0n) is 12.6. The van der Waals surface area contributed by atoms with Gasteiger partial charge in [0.15, 0.2) is 6.29 Å². The van der Waals surface area contributed by atoms with E-state index >= 15 is 0 Å². The van der Waals surface area contributed by atoms with Gasteiger partial charge in [0.05, 0.1) is 12.8 Å². The number of hydrogen-bond acceptors (Lipinski definition) is 3. The summed E-state index contributed by atoms with van der Waals surface area (Å²) in [6.45, 7) is 1.10. The van der Waals surface area contributed by atoms with Crippen molar-refractivity contribution in [1.82, 2.24) is 9.88 Å². The van der Waals surface area contributed by atoms with Crippen LogP contribution in [-0.4, -0.2) is 30.4 Å². The van der Waals surface area contributed by atoms with Crippen LogP contribution in [0.15, 0.2) is 42.6 Å². The highest BCUT2D eigenvalue weighted by atomic mass is 16.5. The van der Waals surface area contributed by atoms with Gasteiger partial charge in [-0.25, -0.2) is 0 Å². The molecule has 1 aromatic carbocycles. The Bertz CT molecular complexity index is 617. The van der Waals surface area contributed by atoms with E-state index in [1.807, 2.05) is 24.3 Å². The molecule has 0 spiro atoms. The molecule has 0 aliphatic rings. The number of ether oxygens (including phenoxy) is 1. The summed E-state index contributed by atoms with van der Waals surface area (Å²) in [4.78, 5) is 22.6. The number of rotatable bonds is 8. The van der Waals surface area contributed by atoms with Crippen LogP contribution in [0.25, 0.3) is 0 Å². The van der Waals surface area contributed by atoms with E-state index in [2.05, 4.69) is 5.32 Å². The Balaban J connectivity index is 1.70. The largest absolute Gasteiger partial charge is 0.497 e. The Kier molecular flexibility index (Phi) is 5.77. The molecule has 116 valence electrons. The van der Waals surface area contributed by atoms with Gasteiger partial charge >= 0.3 is 0 Å². The Hall–Kier alpha value is -2.56. The smallest absolute Gasteiger partial charge is 0.221 e. The SMILES string of the molecule is COc1ccc(CCNC(=O)CCn2cccc2C=O)cc1. The van der Waals surface area contributed by atoms with Crippen LogP contribution < -0.4 is 10.1 Å². The van der Waals surface area contributed by atoms with Crippen molar-refractivity contribution >= 4 is 12.2 Å². The van der Waals surface area contributed by atoms with Crippen molar-refractivity contribution < 1.29 is 14.3 Å². The molecule has 1 heterocycles. The third-order valence-corrected chi connectivity index (χ3v) is 3.46. The highest BCUT2D eigenvalue weighted by Crippen LogP contribution is 2.11. The third kappa shape index (κ3) is 4.48. The van der Waals surface area contributed by atoms with Crippen molar-refractivity contribution in [3.63, 3.8) is 0 Å². The predicted molar refractivity (Wildman–Crippen MR) is 84.1 cm³/mol. The van der Waals surface area contributed by atoms with Crippen molar-refractivity contribution in [2.75, 3.05) is 13.7 Å². The Morgan fingerprint density at radius 2 is 2.05 bits per heavy atom. The van der Waals surface area contributed by atoms with Gasteiger partial charge in [-0.05, 0) is 36.2 Å². The Morgan fingerprint density at radius 1 is 1.27 bits per heavy atom. The summed E-state index contributed by atoms with van der Waals surface area (Å²) in [5.74, 6) is 0.810. The normalized spacial score (nSPS) is 10.2. The quantitative estimate of drug-likeness (QED) is 0.759. The molecule has 1 amide bonds. The molecule has 0 unspecified atom stereocenters. The van der Waals surface area contributed by atoms with Crippen LogP contribution in [0.4, 0.5) is 0 Å². The zero-order valence-corrected chi connectivity index (χ0v) is 12.6. The summed E-state index contributed by atoms with van der Waals surface area (Å²) in [7, 11) is 1.63. The van der Waals surface area contributed by atoms with Crippen molar-refractivity contribution in [2.45, 2.75) is 19.4 Å². The molecule has 5 heteroatoms. The number of carbonyl (C=O) groups excluding carboxylic acids is 2. The summed E-state index contributed by atoms with van der Waals surface area (Å²) >= 11 is 0. The highest BCUT2D eigenvalue weighted by Gasteiger charge is 2.04. The van der Waals surface area contributed by atoms with Gasteiger partial charge in [-0.2, -0.15) is 0 Å². The van der Waals surface area contributed by atoms with Crippen LogP contribution in [0.3, 0.4) is 0 Å². The number of nitrogens with one attached hydrogen (secondary N) is 1. The minimum Gasteiger partial charge on any atom is -0.497 e. The second-order valence-electron chi connectivity index (χ2n) is 4.94. The van der Waals surface area contributed by atoms with E-state index < -0.39 is 0 Å². The second-order valence-corrected chi connectivity index (χ2v) is 4.94. The molecule has 1 aromatic heterocycles. The van der Waals surface area contributed by atoms with Gasteiger partial charge < -0.3 is 14.6 Å². The van der Waals surface area contributed by atoms with Crippen LogP contribution in [-0.2, 0) is 17.8 Å². The van der Waals surface area contributed by atoms with E-state index in [0.29, 0.717) is 25.2 Å². The zero-order chi connectivity index (χ0) is 15.8. The predicted octanol–water partition coefficient (Wildman–Crippen LogP) is 2.06.